The smallest absolute Gasteiger partial charge is 0.269 e. The van der Waals surface area contributed by atoms with Crippen molar-refractivity contribution in [1.29, 1.82) is 0 Å². The predicted octanol–water partition coefficient (Wildman–Crippen LogP) is 3.08. The number of hydrogen-bond acceptors (Lipinski definition) is 5. The number of benzene rings is 2. The van der Waals surface area contributed by atoms with E-state index >= 15 is 0 Å². The van der Waals surface area contributed by atoms with E-state index in [1.807, 2.05) is 0 Å². The van der Waals surface area contributed by atoms with Crippen LogP contribution in [0.2, 0.25) is 10.0 Å². The van der Waals surface area contributed by atoms with Crippen molar-refractivity contribution in [3.8, 4) is 0 Å². The minimum Gasteiger partial charge on any atom is -0.357 e. The lowest BCUT2D eigenvalue weighted by Crippen LogP contribution is -2.49. The lowest BCUT2D eigenvalue weighted by molar-refractivity contribution is -0.141. The van der Waals surface area contributed by atoms with Crippen molar-refractivity contribution in [2.24, 2.45) is 0 Å². The van der Waals surface area contributed by atoms with Crippen molar-refractivity contribution in [2.45, 2.75) is 37.2 Å². The maximum Gasteiger partial charge on any atom is 0.269 e. The fourth-order valence-corrected chi connectivity index (χ4v) is 5.82. The molecule has 0 aliphatic carbocycles. The quantitative estimate of drug-likeness (QED) is 0.586. The third-order valence-corrected chi connectivity index (χ3v) is 8.01. The van der Waals surface area contributed by atoms with Gasteiger partial charge in [-0.05, 0) is 30.7 Å². The summed E-state index contributed by atoms with van der Waals surface area (Å²) in [5.41, 5.74) is 0.537. The zero-order valence-corrected chi connectivity index (χ0v) is 20.4. The van der Waals surface area contributed by atoms with Crippen molar-refractivity contribution < 1.29 is 22.8 Å². The van der Waals surface area contributed by atoms with E-state index in [2.05, 4.69) is 5.32 Å². The van der Waals surface area contributed by atoms with Crippen molar-refractivity contribution >= 4 is 50.9 Å². The number of amides is 3. The Balaban J connectivity index is 1.86. The van der Waals surface area contributed by atoms with Gasteiger partial charge in [-0.3, -0.25) is 14.4 Å². The Morgan fingerprint density at radius 2 is 1.73 bits per heavy atom. The average Bonchev–Trinajstić information content (AvgIpc) is 2.99. The molecular weight excluding hydrogens is 489 g/mol. The summed E-state index contributed by atoms with van der Waals surface area (Å²) < 4.78 is 26.3. The van der Waals surface area contributed by atoms with E-state index in [1.165, 1.54) is 30.1 Å². The number of halogens is 2. The second kappa shape index (κ2) is 10.1. The summed E-state index contributed by atoms with van der Waals surface area (Å²) in [4.78, 5) is 39.6. The van der Waals surface area contributed by atoms with Gasteiger partial charge in [0.25, 0.3) is 15.9 Å². The molecule has 3 rings (SSSR count). The van der Waals surface area contributed by atoms with Gasteiger partial charge in [0.2, 0.25) is 11.8 Å². The molecule has 0 radical (unpaired) electrons. The molecule has 0 saturated heterocycles. The third kappa shape index (κ3) is 4.85. The Hall–Kier alpha value is -2.62. The van der Waals surface area contributed by atoms with Crippen LogP contribution in [0, 0.1) is 0 Å². The molecule has 2 aromatic carbocycles. The van der Waals surface area contributed by atoms with E-state index in [4.69, 9.17) is 23.2 Å². The van der Waals surface area contributed by atoms with E-state index in [-0.39, 0.29) is 35.9 Å². The molecular formula is C22H23Cl2N3O5S. The fraction of sp³-hybridized carbons (Fsp3) is 0.318. The highest BCUT2D eigenvalue weighted by Gasteiger charge is 2.41. The van der Waals surface area contributed by atoms with E-state index < -0.39 is 27.9 Å². The molecule has 8 nitrogen and oxygen atoms in total. The van der Waals surface area contributed by atoms with Crippen LogP contribution in [0.15, 0.2) is 47.4 Å². The number of nitrogens with one attached hydrogen (secondary N) is 1. The predicted molar refractivity (Wildman–Crippen MR) is 124 cm³/mol. The molecule has 0 aromatic heterocycles. The number of rotatable bonds is 8. The van der Waals surface area contributed by atoms with Crippen LogP contribution in [0.1, 0.15) is 35.7 Å². The first-order valence-corrected chi connectivity index (χ1v) is 12.4. The Morgan fingerprint density at radius 1 is 1.09 bits per heavy atom. The van der Waals surface area contributed by atoms with Crippen molar-refractivity contribution in [2.75, 3.05) is 13.6 Å². The van der Waals surface area contributed by atoms with Gasteiger partial charge in [0.15, 0.2) is 0 Å². The monoisotopic (exact) mass is 511 g/mol. The molecule has 33 heavy (non-hydrogen) atoms. The minimum absolute atomic E-state index is 0.0514. The number of fused-ring (bicyclic) bond motifs is 1. The number of sulfonamides is 1. The molecule has 0 unspecified atom stereocenters. The van der Waals surface area contributed by atoms with Gasteiger partial charge < -0.3 is 10.2 Å². The summed E-state index contributed by atoms with van der Waals surface area (Å²) in [6, 6.07) is 9.97. The third-order valence-electron chi connectivity index (χ3n) is 5.46. The molecule has 1 N–H and O–H groups in total. The summed E-state index contributed by atoms with van der Waals surface area (Å²) in [5.74, 6) is -1.58. The molecule has 1 heterocycles. The van der Waals surface area contributed by atoms with Gasteiger partial charge in [0, 0.05) is 42.2 Å². The van der Waals surface area contributed by atoms with Crippen molar-refractivity contribution in [1.82, 2.24) is 14.5 Å². The molecule has 0 fully saturated rings. The lowest BCUT2D eigenvalue weighted by atomic mass is 10.1. The SMILES string of the molecule is CC[C@@H](C(=O)NC)N(Cc1c(Cl)cccc1Cl)C(=O)CCN1C(=O)c2ccccc2S1(=O)=O. The molecule has 2 aromatic rings. The van der Waals surface area contributed by atoms with Gasteiger partial charge in [0.05, 0.1) is 5.56 Å². The number of carbonyl (C=O) groups excluding carboxylic acids is 3. The maximum absolute atomic E-state index is 13.3. The molecule has 1 atom stereocenters. The van der Waals surface area contributed by atoms with Gasteiger partial charge in [-0.15, -0.1) is 0 Å². The van der Waals surface area contributed by atoms with Gasteiger partial charge in [0.1, 0.15) is 10.9 Å². The number of hydrogen-bond donors (Lipinski definition) is 1. The van der Waals surface area contributed by atoms with Crippen molar-refractivity contribution in [3.05, 3.63) is 63.6 Å². The topological polar surface area (TPSA) is 104 Å². The van der Waals surface area contributed by atoms with Crippen molar-refractivity contribution in [3.63, 3.8) is 0 Å². The van der Waals surface area contributed by atoms with E-state index in [1.54, 1.807) is 31.2 Å². The fourth-order valence-electron chi connectivity index (χ4n) is 3.73. The summed E-state index contributed by atoms with van der Waals surface area (Å²) in [7, 11) is -2.58. The summed E-state index contributed by atoms with van der Waals surface area (Å²) in [6.45, 7) is 1.34. The second-order valence-electron chi connectivity index (χ2n) is 7.39. The Kier molecular flexibility index (Phi) is 7.66. The first-order valence-electron chi connectivity index (χ1n) is 10.2. The Morgan fingerprint density at radius 3 is 2.30 bits per heavy atom. The van der Waals surface area contributed by atoms with Gasteiger partial charge in [-0.2, -0.15) is 0 Å². The molecule has 11 heteroatoms. The van der Waals surface area contributed by atoms with Crippen LogP contribution in [-0.2, 0) is 26.2 Å². The van der Waals surface area contributed by atoms with Crippen LogP contribution in [0.3, 0.4) is 0 Å². The molecule has 1 aliphatic rings. The Bertz CT molecular complexity index is 1180. The summed E-state index contributed by atoms with van der Waals surface area (Å²) in [6.07, 6.45) is -0.00556. The van der Waals surface area contributed by atoms with Gasteiger partial charge in [-0.25, -0.2) is 12.7 Å². The first-order chi connectivity index (χ1) is 15.6. The standard InChI is InChI=1S/C22H23Cl2N3O5S/c1-3-18(21(29)25-2)26(13-15-16(23)8-6-9-17(15)24)20(28)11-12-27-22(30)14-7-4-5-10-19(14)33(27,31)32/h4-10,18H,3,11-13H2,1-2H3,(H,25,29)/t18-/m0/s1. The molecule has 176 valence electrons. The molecule has 0 spiro atoms. The van der Waals surface area contributed by atoms with E-state index in [0.29, 0.717) is 26.3 Å². The van der Waals surface area contributed by atoms with Crippen LogP contribution in [0.4, 0.5) is 0 Å². The van der Waals surface area contributed by atoms with Crippen LogP contribution in [0.25, 0.3) is 0 Å². The molecule has 0 bridgehead atoms. The largest absolute Gasteiger partial charge is 0.357 e. The number of nitrogens with zero attached hydrogens (tertiary/aromatic N) is 2. The number of carbonyl (C=O) groups is 3. The van der Waals surface area contributed by atoms with Crippen LogP contribution >= 0.6 is 23.2 Å². The highest BCUT2D eigenvalue weighted by molar-refractivity contribution is 7.90. The number of likely N-dealkylation sites (N-methyl/N-ethyl adjacent to an activating group) is 1. The van der Waals surface area contributed by atoms with E-state index in [0.717, 1.165) is 0 Å². The normalized spacial score (nSPS) is 15.2. The maximum atomic E-state index is 13.3. The van der Waals surface area contributed by atoms with Gasteiger partial charge in [-0.1, -0.05) is 48.3 Å². The second-order valence-corrected chi connectivity index (χ2v) is 10.0. The summed E-state index contributed by atoms with van der Waals surface area (Å²) >= 11 is 12.5. The Labute approximate surface area is 202 Å². The molecule has 1 aliphatic heterocycles. The minimum atomic E-state index is -4.04. The summed E-state index contributed by atoms with van der Waals surface area (Å²) in [5, 5.41) is 3.20. The molecule has 0 saturated carbocycles. The highest BCUT2D eigenvalue weighted by atomic mass is 35.5. The van der Waals surface area contributed by atoms with E-state index in [9.17, 15) is 22.8 Å². The molecule has 3 amide bonds. The van der Waals surface area contributed by atoms with Crippen LogP contribution in [0.5, 0.6) is 0 Å². The zero-order chi connectivity index (χ0) is 24.3. The first kappa shape index (κ1) is 25.0. The lowest BCUT2D eigenvalue weighted by Gasteiger charge is -2.31. The zero-order valence-electron chi connectivity index (χ0n) is 18.0. The van der Waals surface area contributed by atoms with Crippen LogP contribution in [-0.4, -0.2) is 55.0 Å². The van der Waals surface area contributed by atoms with Gasteiger partial charge >= 0.3 is 0 Å². The van der Waals surface area contributed by atoms with Crippen LogP contribution < -0.4 is 5.32 Å². The average molecular weight is 512 g/mol. The highest BCUT2D eigenvalue weighted by Crippen LogP contribution is 2.31.